The maximum absolute atomic E-state index is 14.7. The predicted molar refractivity (Wildman–Crippen MR) is 63.3 cm³/mol. The summed E-state index contributed by atoms with van der Waals surface area (Å²) in [6.07, 6.45) is 0. The Bertz CT molecular complexity index is 318. The van der Waals surface area contributed by atoms with E-state index in [1.807, 2.05) is 32.2 Å². The Morgan fingerprint density at radius 2 is 2.07 bits per heavy atom. The molecular weight excluding hydrogens is 265 g/mol. The summed E-state index contributed by atoms with van der Waals surface area (Å²) < 4.78 is 15.5. The van der Waals surface area contributed by atoms with E-state index in [1.54, 1.807) is 0 Å². The number of nitrogens with two attached hydrogens (primary N) is 1. The summed E-state index contributed by atoms with van der Waals surface area (Å²) >= 11 is 4.76. The van der Waals surface area contributed by atoms with Gasteiger partial charge >= 0.3 is 0 Å². The molecule has 0 aromatic carbocycles. The quantitative estimate of drug-likeness (QED) is 0.878. The maximum atomic E-state index is 14.7. The maximum Gasteiger partial charge on any atom is 0.163 e. The van der Waals surface area contributed by atoms with Gasteiger partial charge in [-0.05, 0) is 27.4 Å². The number of hydrogen-bond donors (Lipinski definition) is 1. The van der Waals surface area contributed by atoms with E-state index in [0.717, 1.165) is 4.47 Å². The lowest BCUT2D eigenvalue weighted by molar-refractivity contribution is 0.0374. The lowest BCUT2D eigenvalue weighted by Crippen LogP contribution is -2.42. The highest BCUT2D eigenvalue weighted by Gasteiger charge is 2.44. The van der Waals surface area contributed by atoms with Gasteiger partial charge in [0.05, 0.1) is 4.88 Å². The number of hydrogen-bond acceptors (Lipinski definition) is 2. The monoisotopic (exact) mass is 279 g/mol. The van der Waals surface area contributed by atoms with E-state index in [4.69, 9.17) is 5.73 Å². The second kappa shape index (κ2) is 3.91. The molecular formula is C10H15BrFNS. The molecule has 1 atom stereocenters. The Kier molecular flexibility index (Phi) is 3.39. The summed E-state index contributed by atoms with van der Waals surface area (Å²) in [6.45, 7) is 5.61. The Labute approximate surface area is 96.6 Å². The van der Waals surface area contributed by atoms with Gasteiger partial charge in [0.1, 0.15) is 0 Å². The van der Waals surface area contributed by atoms with Gasteiger partial charge in [0.25, 0.3) is 0 Å². The second-order valence-corrected chi connectivity index (χ2v) is 6.12. The van der Waals surface area contributed by atoms with Crippen LogP contribution in [0, 0.1) is 5.41 Å². The van der Waals surface area contributed by atoms with Crippen LogP contribution in [0.1, 0.15) is 25.6 Å². The molecule has 4 heteroatoms. The van der Waals surface area contributed by atoms with Crippen LogP contribution >= 0.6 is 27.3 Å². The highest BCUT2D eigenvalue weighted by atomic mass is 79.9. The molecule has 0 aliphatic rings. The van der Waals surface area contributed by atoms with E-state index < -0.39 is 11.1 Å². The third-order valence-electron chi connectivity index (χ3n) is 2.45. The van der Waals surface area contributed by atoms with Gasteiger partial charge in [-0.25, -0.2) is 4.39 Å². The van der Waals surface area contributed by atoms with Crippen molar-refractivity contribution in [1.29, 1.82) is 0 Å². The Morgan fingerprint density at radius 1 is 1.50 bits per heavy atom. The van der Waals surface area contributed by atoms with Crippen LogP contribution in [0.25, 0.3) is 0 Å². The first kappa shape index (κ1) is 12.1. The normalized spacial score (nSPS) is 16.7. The minimum Gasteiger partial charge on any atom is -0.327 e. The SMILES string of the molecule is CC(C)(C)C(F)(CN)c1sccc1Br. The van der Waals surface area contributed by atoms with Crippen LogP contribution in [0.4, 0.5) is 4.39 Å². The zero-order chi connectivity index (χ0) is 11.0. The molecule has 0 aliphatic heterocycles. The molecule has 1 unspecified atom stereocenters. The molecule has 0 saturated heterocycles. The van der Waals surface area contributed by atoms with E-state index >= 15 is 0 Å². The molecule has 0 aliphatic carbocycles. The van der Waals surface area contributed by atoms with E-state index in [-0.39, 0.29) is 6.54 Å². The highest BCUT2D eigenvalue weighted by molar-refractivity contribution is 9.10. The van der Waals surface area contributed by atoms with Gasteiger partial charge in [0.15, 0.2) is 5.67 Å². The fourth-order valence-electron chi connectivity index (χ4n) is 1.32. The first-order chi connectivity index (χ1) is 6.33. The number of rotatable bonds is 2. The number of thiophene rings is 1. The van der Waals surface area contributed by atoms with Crippen LogP contribution in [-0.2, 0) is 5.67 Å². The molecule has 0 amide bonds. The molecule has 80 valence electrons. The lowest BCUT2D eigenvalue weighted by atomic mass is 9.77. The van der Waals surface area contributed by atoms with Crippen molar-refractivity contribution in [1.82, 2.24) is 0 Å². The summed E-state index contributed by atoms with van der Waals surface area (Å²) in [5.41, 5.74) is 3.61. The first-order valence-electron chi connectivity index (χ1n) is 4.45. The van der Waals surface area contributed by atoms with Crippen molar-refractivity contribution < 1.29 is 4.39 Å². The molecule has 0 radical (unpaired) electrons. The van der Waals surface area contributed by atoms with E-state index in [9.17, 15) is 4.39 Å². The van der Waals surface area contributed by atoms with Crippen molar-refractivity contribution in [3.8, 4) is 0 Å². The molecule has 2 N–H and O–H groups in total. The molecule has 0 fully saturated rings. The average Bonchev–Trinajstić information content (AvgIpc) is 2.48. The van der Waals surface area contributed by atoms with Crippen molar-refractivity contribution >= 4 is 27.3 Å². The van der Waals surface area contributed by atoms with Crippen molar-refractivity contribution in [2.45, 2.75) is 26.4 Å². The average molecular weight is 280 g/mol. The molecule has 1 nitrogen and oxygen atoms in total. The molecule has 1 aromatic heterocycles. The van der Waals surface area contributed by atoms with Crippen LogP contribution in [0.5, 0.6) is 0 Å². The fraction of sp³-hybridized carbons (Fsp3) is 0.600. The van der Waals surface area contributed by atoms with Gasteiger partial charge in [0.2, 0.25) is 0 Å². The lowest BCUT2D eigenvalue weighted by Gasteiger charge is -2.36. The van der Waals surface area contributed by atoms with Gasteiger partial charge in [-0.3, -0.25) is 0 Å². The minimum absolute atomic E-state index is 0.00954. The Morgan fingerprint density at radius 3 is 2.36 bits per heavy atom. The fourth-order valence-corrected chi connectivity index (χ4v) is 3.31. The molecule has 14 heavy (non-hydrogen) atoms. The summed E-state index contributed by atoms with van der Waals surface area (Å²) in [4.78, 5) is 0.688. The molecule has 0 spiro atoms. The molecule has 1 rings (SSSR count). The third-order valence-corrected chi connectivity index (χ3v) is 4.42. The van der Waals surface area contributed by atoms with Crippen LogP contribution in [0.15, 0.2) is 15.9 Å². The van der Waals surface area contributed by atoms with E-state index in [2.05, 4.69) is 15.9 Å². The van der Waals surface area contributed by atoms with E-state index in [1.165, 1.54) is 11.3 Å². The van der Waals surface area contributed by atoms with Gasteiger partial charge in [-0.2, -0.15) is 0 Å². The number of alkyl halides is 1. The predicted octanol–water partition coefficient (Wildman–Crippen LogP) is 3.68. The van der Waals surface area contributed by atoms with E-state index in [0.29, 0.717) is 4.88 Å². The molecule has 0 saturated carbocycles. The van der Waals surface area contributed by atoms with Gasteiger partial charge in [0, 0.05) is 16.4 Å². The second-order valence-electron chi connectivity index (χ2n) is 4.35. The van der Waals surface area contributed by atoms with Crippen LogP contribution < -0.4 is 5.73 Å². The Hall–Kier alpha value is 0.0700. The van der Waals surface area contributed by atoms with Gasteiger partial charge in [-0.1, -0.05) is 20.8 Å². The largest absolute Gasteiger partial charge is 0.327 e. The summed E-state index contributed by atoms with van der Waals surface area (Å²) in [5.74, 6) is 0. The van der Waals surface area contributed by atoms with Crippen molar-refractivity contribution in [3.63, 3.8) is 0 Å². The number of halogens is 2. The standard InChI is InChI=1S/C10H15BrFNS/c1-9(2,3)10(12,6-13)8-7(11)4-5-14-8/h4-5H,6,13H2,1-3H3. The van der Waals surface area contributed by atoms with Gasteiger partial charge < -0.3 is 5.73 Å². The zero-order valence-electron chi connectivity index (χ0n) is 8.60. The molecule has 0 bridgehead atoms. The van der Waals surface area contributed by atoms with Crippen molar-refractivity contribution in [3.05, 3.63) is 20.8 Å². The summed E-state index contributed by atoms with van der Waals surface area (Å²) in [7, 11) is 0. The van der Waals surface area contributed by atoms with Crippen LogP contribution in [-0.4, -0.2) is 6.54 Å². The van der Waals surface area contributed by atoms with Crippen LogP contribution in [0.2, 0.25) is 0 Å². The highest BCUT2D eigenvalue weighted by Crippen LogP contribution is 2.47. The van der Waals surface area contributed by atoms with Crippen molar-refractivity contribution in [2.75, 3.05) is 6.54 Å². The first-order valence-corrected chi connectivity index (χ1v) is 6.12. The molecule has 1 heterocycles. The summed E-state index contributed by atoms with van der Waals surface area (Å²) in [5, 5.41) is 1.87. The summed E-state index contributed by atoms with van der Waals surface area (Å²) in [6, 6.07) is 1.86. The molecule has 1 aromatic rings. The van der Waals surface area contributed by atoms with Gasteiger partial charge in [-0.15, -0.1) is 11.3 Å². The third kappa shape index (κ3) is 1.88. The van der Waals surface area contributed by atoms with Crippen LogP contribution in [0.3, 0.4) is 0 Å². The smallest absolute Gasteiger partial charge is 0.163 e. The topological polar surface area (TPSA) is 26.0 Å². The zero-order valence-corrected chi connectivity index (χ0v) is 11.0. The van der Waals surface area contributed by atoms with Crippen molar-refractivity contribution in [2.24, 2.45) is 11.1 Å². The minimum atomic E-state index is -1.46. The Balaban J connectivity index is 3.22.